The molecule has 6 aromatic carbocycles. The SMILES string of the molecule is C=C/C(=C\C=C(/C)c1ccccc1)c1ccc2oc3cccc(-c4nc(-c5ccccc5)nc(-c5ccc6c(c5)oc5ccccc56)n4)c3c2c1. The minimum absolute atomic E-state index is 0.558. The molecule has 9 aromatic rings. The summed E-state index contributed by atoms with van der Waals surface area (Å²) in [4.78, 5) is 15.2. The molecule has 0 amide bonds. The van der Waals surface area contributed by atoms with Crippen molar-refractivity contribution in [2.24, 2.45) is 0 Å². The van der Waals surface area contributed by atoms with Crippen molar-refractivity contribution in [2.45, 2.75) is 6.92 Å². The molecule has 0 aliphatic heterocycles. The summed E-state index contributed by atoms with van der Waals surface area (Å²) >= 11 is 0. The van der Waals surface area contributed by atoms with Gasteiger partial charge in [-0.05, 0) is 65.6 Å². The summed E-state index contributed by atoms with van der Waals surface area (Å²) < 4.78 is 12.6. The van der Waals surface area contributed by atoms with E-state index < -0.39 is 0 Å². The molecular formula is C46H31N3O2. The second kappa shape index (κ2) is 12.6. The van der Waals surface area contributed by atoms with Crippen LogP contribution >= 0.6 is 0 Å². The van der Waals surface area contributed by atoms with Crippen LogP contribution in [0.25, 0.3) is 89.2 Å². The molecule has 3 heterocycles. The van der Waals surface area contributed by atoms with Crippen molar-refractivity contribution in [3.63, 3.8) is 0 Å². The largest absolute Gasteiger partial charge is 0.456 e. The maximum atomic E-state index is 6.40. The number of allylic oxidation sites excluding steroid dienone is 5. The molecule has 3 aromatic heterocycles. The van der Waals surface area contributed by atoms with Gasteiger partial charge < -0.3 is 8.83 Å². The average Bonchev–Trinajstić information content (AvgIpc) is 3.76. The molecule has 242 valence electrons. The zero-order valence-electron chi connectivity index (χ0n) is 27.9. The Kier molecular flexibility index (Phi) is 7.44. The molecule has 5 nitrogen and oxygen atoms in total. The standard InChI is InChI=1S/C46H31N3O2/c1-3-30(22-21-29(2)31-13-6-4-7-14-31)33-24-26-40-38(27-33)43-37(18-12-20-41(43)50-40)46-48-44(32-15-8-5-9-16-32)47-45(49-46)34-23-25-36-35-17-10-11-19-39(35)51-42(36)28-34/h3-28H,1H2,2H3/b29-21+,30-22+. The van der Waals surface area contributed by atoms with Gasteiger partial charge in [-0.1, -0.05) is 128 Å². The maximum Gasteiger partial charge on any atom is 0.164 e. The van der Waals surface area contributed by atoms with Gasteiger partial charge in [0.2, 0.25) is 0 Å². The van der Waals surface area contributed by atoms with Crippen LogP contribution in [0.2, 0.25) is 0 Å². The van der Waals surface area contributed by atoms with Crippen LogP contribution in [0.5, 0.6) is 0 Å². The van der Waals surface area contributed by atoms with E-state index in [1.165, 1.54) is 11.1 Å². The minimum atomic E-state index is 0.558. The van der Waals surface area contributed by atoms with Gasteiger partial charge in [0.1, 0.15) is 22.3 Å². The lowest BCUT2D eigenvalue weighted by molar-refractivity contribution is 0.668. The Labute approximate surface area is 294 Å². The van der Waals surface area contributed by atoms with E-state index in [2.05, 4.69) is 86.3 Å². The number of hydrogen-bond acceptors (Lipinski definition) is 5. The number of furan rings is 2. The topological polar surface area (TPSA) is 65.0 Å². The fraction of sp³-hybridized carbons (Fsp3) is 0.0217. The Bertz CT molecular complexity index is 2820. The summed E-state index contributed by atoms with van der Waals surface area (Å²) in [5, 5.41) is 4.05. The Hall–Kier alpha value is -6.85. The molecule has 0 unspecified atom stereocenters. The van der Waals surface area contributed by atoms with Crippen molar-refractivity contribution in [1.29, 1.82) is 0 Å². The number of aromatic nitrogens is 3. The molecule has 0 aliphatic rings. The molecule has 5 heteroatoms. The molecule has 9 rings (SSSR count). The first kappa shape index (κ1) is 30.2. The highest BCUT2D eigenvalue weighted by atomic mass is 16.3. The van der Waals surface area contributed by atoms with Gasteiger partial charge in [0.15, 0.2) is 17.5 Å². The number of hydrogen-bond donors (Lipinski definition) is 0. The lowest BCUT2D eigenvalue weighted by Gasteiger charge is -2.09. The van der Waals surface area contributed by atoms with Crippen molar-refractivity contribution in [3.8, 4) is 34.2 Å². The third kappa shape index (κ3) is 5.51. The van der Waals surface area contributed by atoms with Crippen LogP contribution < -0.4 is 0 Å². The summed E-state index contributed by atoms with van der Waals surface area (Å²) in [5.41, 5.74) is 10.2. The number of para-hydroxylation sites is 1. The number of benzene rings is 6. The van der Waals surface area contributed by atoms with Crippen LogP contribution in [0.1, 0.15) is 18.1 Å². The van der Waals surface area contributed by atoms with Crippen LogP contribution in [-0.2, 0) is 0 Å². The van der Waals surface area contributed by atoms with Gasteiger partial charge >= 0.3 is 0 Å². The fourth-order valence-electron chi connectivity index (χ4n) is 6.69. The Morgan fingerprint density at radius 2 is 1.18 bits per heavy atom. The summed E-state index contributed by atoms with van der Waals surface area (Å²) in [5.74, 6) is 1.70. The monoisotopic (exact) mass is 657 g/mol. The molecule has 0 radical (unpaired) electrons. The van der Waals surface area contributed by atoms with E-state index in [-0.39, 0.29) is 0 Å². The number of fused-ring (bicyclic) bond motifs is 6. The van der Waals surface area contributed by atoms with Crippen molar-refractivity contribution >= 4 is 55.0 Å². The molecule has 0 saturated carbocycles. The molecule has 0 aliphatic carbocycles. The molecule has 0 N–H and O–H groups in total. The average molecular weight is 658 g/mol. The number of rotatable bonds is 7. The fourth-order valence-corrected chi connectivity index (χ4v) is 6.69. The highest BCUT2D eigenvalue weighted by molar-refractivity contribution is 6.12. The lowest BCUT2D eigenvalue weighted by Crippen LogP contribution is -2.00. The third-order valence-corrected chi connectivity index (χ3v) is 9.34. The van der Waals surface area contributed by atoms with E-state index in [1.807, 2.05) is 84.9 Å². The molecule has 0 bridgehead atoms. The highest BCUT2D eigenvalue weighted by Crippen LogP contribution is 2.38. The Morgan fingerprint density at radius 1 is 0.510 bits per heavy atom. The Morgan fingerprint density at radius 3 is 2.00 bits per heavy atom. The van der Waals surface area contributed by atoms with Crippen LogP contribution in [0.3, 0.4) is 0 Å². The van der Waals surface area contributed by atoms with Gasteiger partial charge in [0.05, 0.1) is 0 Å². The molecule has 51 heavy (non-hydrogen) atoms. The maximum absolute atomic E-state index is 6.40. The normalized spacial score (nSPS) is 12.3. The van der Waals surface area contributed by atoms with Gasteiger partial charge in [0, 0.05) is 38.2 Å². The van der Waals surface area contributed by atoms with Crippen molar-refractivity contribution in [1.82, 2.24) is 15.0 Å². The van der Waals surface area contributed by atoms with E-state index in [4.69, 9.17) is 23.8 Å². The molecular weight excluding hydrogens is 627 g/mol. The van der Waals surface area contributed by atoms with Crippen molar-refractivity contribution in [2.75, 3.05) is 0 Å². The first-order chi connectivity index (χ1) is 25.1. The van der Waals surface area contributed by atoms with E-state index in [0.717, 1.165) is 71.7 Å². The first-order valence-electron chi connectivity index (χ1n) is 16.9. The summed E-state index contributed by atoms with van der Waals surface area (Å²) in [7, 11) is 0. The van der Waals surface area contributed by atoms with E-state index in [0.29, 0.717) is 17.5 Å². The predicted octanol–water partition coefficient (Wildman–Crippen LogP) is 12.3. The summed E-state index contributed by atoms with van der Waals surface area (Å²) in [6.07, 6.45) is 6.14. The summed E-state index contributed by atoms with van der Waals surface area (Å²) in [6.45, 7) is 6.25. The van der Waals surface area contributed by atoms with Gasteiger partial charge in [0.25, 0.3) is 0 Å². The van der Waals surface area contributed by atoms with Crippen LogP contribution in [0, 0.1) is 0 Å². The van der Waals surface area contributed by atoms with E-state index >= 15 is 0 Å². The van der Waals surface area contributed by atoms with Crippen LogP contribution in [0.4, 0.5) is 0 Å². The zero-order chi connectivity index (χ0) is 34.3. The molecule has 0 atom stereocenters. The summed E-state index contributed by atoms with van der Waals surface area (Å²) in [6, 6.07) is 46.9. The third-order valence-electron chi connectivity index (χ3n) is 9.34. The van der Waals surface area contributed by atoms with Gasteiger partial charge in [-0.15, -0.1) is 0 Å². The Balaban J connectivity index is 1.21. The highest BCUT2D eigenvalue weighted by Gasteiger charge is 2.19. The van der Waals surface area contributed by atoms with Crippen molar-refractivity contribution < 1.29 is 8.83 Å². The van der Waals surface area contributed by atoms with Crippen LogP contribution in [-0.4, -0.2) is 15.0 Å². The van der Waals surface area contributed by atoms with Gasteiger partial charge in [-0.3, -0.25) is 0 Å². The first-order valence-corrected chi connectivity index (χ1v) is 16.9. The van der Waals surface area contributed by atoms with Crippen molar-refractivity contribution in [3.05, 3.63) is 175 Å². The predicted molar refractivity (Wildman–Crippen MR) is 209 cm³/mol. The van der Waals surface area contributed by atoms with E-state index in [9.17, 15) is 0 Å². The molecule has 0 fully saturated rings. The second-order valence-electron chi connectivity index (χ2n) is 12.5. The van der Waals surface area contributed by atoms with E-state index in [1.54, 1.807) is 0 Å². The smallest absolute Gasteiger partial charge is 0.164 e. The van der Waals surface area contributed by atoms with Crippen LogP contribution in [0.15, 0.2) is 173 Å². The lowest BCUT2D eigenvalue weighted by atomic mass is 9.99. The minimum Gasteiger partial charge on any atom is -0.456 e. The second-order valence-corrected chi connectivity index (χ2v) is 12.5. The quantitative estimate of drug-likeness (QED) is 0.160. The molecule has 0 saturated heterocycles. The number of nitrogens with zero attached hydrogens (tertiary/aromatic N) is 3. The van der Waals surface area contributed by atoms with Gasteiger partial charge in [-0.25, -0.2) is 15.0 Å². The molecule has 0 spiro atoms. The van der Waals surface area contributed by atoms with Gasteiger partial charge in [-0.2, -0.15) is 0 Å². The zero-order valence-corrected chi connectivity index (χ0v) is 27.9.